The van der Waals surface area contributed by atoms with Crippen LogP contribution >= 0.6 is 11.6 Å². The summed E-state index contributed by atoms with van der Waals surface area (Å²) in [5.74, 6) is 0.204. The molecule has 184 valence electrons. The van der Waals surface area contributed by atoms with Gasteiger partial charge in [0, 0.05) is 35.6 Å². The predicted octanol–water partition coefficient (Wildman–Crippen LogP) is 5.59. The molecule has 2 aromatic carbocycles. The number of pyridine rings is 1. The van der Waals surface area contributed by atoms with E-state index >= 15 is 0 Å². The molecule has 6 rings (SSSR count). The van der Waals surface area contributed by atoms with E-state index in [1.165, 1.54) is 12.1 Å². The second-order valence-corrected chi connectivity index (χ2v) is 10.00. The van der Waals surface area contributed by atoms with E-state index < -0.39 is 6.02 Å². The van der Waals surface area contributed by atoms with Crippen molar-refractivity contribution >= 4 is 33.9 Å². The quantitative estimate of drug-likeness (QED) is 0.318. The van der Waals surface area contributed by atoms with Gasteiger partial charge in [-0.25, -0.2) is 4.39 Å². The minimum Gasteiger partial charge on any atom is -0.380 e. The zero-order chi connectivity index (χ0) is 25.7. The molecule has 1 aromatic heterocycles. The highest BCUT2D eigenvalue weighted by Gasteiger charge is 2.36. The molecular formula is C27H27ClFN7. The van der Waals surface area contributed by atoms with Crippen molar-refractivity contribution in [1.29, 1.82) is 5.26 Å². The van der Waals surface area contributed by atoms with Gasteiger partial charge in [0.05, 0.1) is 34.9 Å². The zero-order valence-corrected chi connectivity index (χ0v) is 20.5. The maximum atomic E-state index is 13.8. The van der Waals surface area contributed by atoms with Crippen LogP contribution in [0.4, 0.5) is 15.8 Å². The lowest BCUT2D eigenvalue weighted by Gasteiger charge is -2.22. The molecule has 9 heteroatoms. The Morgan fingerprint density at radius 3 is 2.83 bits per heavy atom. The monoisotopic (exact) mass is 504 g/mol. The van der Waals surface area contributed by atoms with E-state index in [0.29, 0.717) is 62.1 Å². The van der Waals surface area contributed by atoms with Gasteiger partial charge in [0.15, 0.2) is 0 Å². The Hall–Kier alpha value is -3.54. The van der Waals surface area contributed by atoms with Gasteiger partial charge in [-0.2, -0.15) is 5.26 Å². The van der Waals surface area contributed by atoms with Gasteiger partial charge in [-0.05, 0) is 55.0 Å². The van der Waals surface area contributed by atoms with Crippen LogP contribution in [-0.2, 0) is 0 Å². The summed E-state index contributed by atoms with van der Waals surface area (Å²) in [6.45, 7) is 2.16. The van der Waals surface area contributed by atoms with Crippen molar-refractivity contribution in [3.05, 3.63) is 76.5 Å². The fourth-order valence-corrected chi connectivity index (χ4v) is 4.96. The summed E-state index contributed by atoms with van der Waals surface area (Å²) in [6, 6.07) is 10.9. The molecule has 2 heterocycles. The molecule has 3 aliphatic rings. The molecule has 4 N–H and O–H groups in total. The summed E-state index contributed by atoms with van der Waals surface area (Å²) in [5, 5.41) is 19.7. The molecule has 2 saturated carbocycles. The maximum Gasteiger partial charge on any atom is 0.123 e. The van der Waals surface area contributed by atoms with E-state index in [-0.39, 0.29) is 5.82 Å². The number of benzene rings is 2. The number of fused-ring (bicyclic) bond motifs is 1. The summed E-state index contributed by atoms with van der Waals surface area (Å²) in [6.07, 6.45) is 7.72. The Morgan fingerprint density at radius 2 is 2.14 bits per heavy atom. The van der Waals surface area contributed by atoms with Crippen molar-refractivity contribution in [2.75, 3.05) is 10.6 Å². The van der Waals surface area contributed by atoms with Gasteiger partial charge in [-0.3, -0.25) is 9.99 Å². The average molecular weight is 505 g/mol. The molecule has 7 nitrogen and oxygen atoms in total. The Morgan fingerprint density at radius 1 is 1.33 bits per heavy atom. The molecule has 3 atom stereocenters. The standard InChI is InChI=1S/C27H27ClFN7/c1-2-15-9-23(15)33-25-17(12-30)13-31-27-21(25)10-19(11-22(27)28)32-26(16-3-5-18(29)6-4-16)24-14-36(35-34-24)20-7-8-20/h3-6,10-11,13-15,20,23,26,32,34-35H,2,7-9H2,1H3,(H,31,33)/t15-,23-,26-/m1/s1/i26D. The number of nitriles is 1. The van der Waals surface area contributed by atoms with Crippen molar-refractivity contribution in [1.82, 2.24) is 21.0 Å². The number of aromatic nitrogens is 1. The Bertz CT molecular complexity index is 1440. The van der Waals surface area contributed by atoms with Gasteiger partial charge >= 0.3 is 0 Å². The molecule has 0 amide bonds. The maximum absolute atomic E-state index is 13.8. The highest BCUT2D eigenvalue weighted by atomic mass is 35.5. The number of nitrogens with one attached hydrogen (secondary N) is 4. The van der Waals surface area contributed by atoms with Crippen LogP contribution in [0, 0.1) is 23.1 Å². The van der Waals surface area contributed by atoms with Crippen molar-refractivity contribution < 1.29 is 5.76 Å². The van der Waals surface area contributed by atoms with E-state index in [1.54, 1.807) is 24.4 Å². The third kappa shape index (κ3) is 4.41. The summed E-state index contributed by atoms with van der Waals surface area (Å²) >= 11 is 6.69. The number of hydrazine groups is 2. The number of rotatable bonds is 8. The molecule has 0 unspecified atom stereocenters. The molecule has 0 spiro atoms. The fourth-order valence-electron chi connectivity index (χ4n) is 4.69. The molecule has 3 aromatic rings. The SMILES string of the molecule is [2H][C@](Nc1cc(Cl)c2ncc(C#N)c(N[C@@H]3C[C@H]3CC)c2c1)(C1=CN(C2CC2)NN1)c1ccc(F)cc1. The summed E-state index contributed by atoms with van der Waals surface area (Å²) in [4.78, 5) is 4.45. The number of halogens is 2. The van der Waals surface area contributed by atoms with Crippen molar-refractivity contribution in [2.45, 2.75) is 50.7 Å². The number of hydrogen-bond acceptors (Lipinski definition) is 7. The van der Waals surface area contributed by atoms with Gasteiger partial charge in [-0.1, -0.05) is 37.1 Å². The minimum atomic E-state index is -1.49. The first-order valence-corrected chi connectivity index (χ1v) is 12.6. The lowest BCUT2D eigenvalue weighted by Crippen LogP contribution is -2.38. The average Bonchev–Trinajstić information content (AvgIpc) is 3.82. The second kappa shape index (κ2) is 9.16. The third-order valence-corrected chi connectivity index (χ3v) is 7.31. The highest BCUT2D eigenvalue weighted by Crippen LogP contribution is 2.41. The summed E-state index contributed by atoms with van der Waals surface area (Å²) < 4.78 is 23.3. The van der Waals surface area contributed by atoms with Crippen LogP contribution in [-0.4, -0.2) is 22.1 Å². The normalized spacial score (nSPS) is 22.8. The van der Waals surface area contributed by atoms with Gasteiger partial charge in [0.2, 0.25) is 0 Å². The van der Waals surface area contributed by atoms with Crippen LogP contribution in [0.2, 0.25) is 5.02 Å². The first-order valence-electron chi connectivity index (χ1n) is 12.7. The van der Waals surface area contributed by atoms with Gasteiger partial charge in [0.25, 0.3) is 0 Å². The first-order chi connectivity index (χ1) is 17.9. The molecule has 2 aliphatic carbocycles. The van der Waals surface area contributed by atoms with E-state index in [0.717, 1.165) is 25.7 Å². The molecular weight excluding hydrogens is 477 g/mol. The molecule has 0 bridgehead atoms. The van der Waals surface area contributed by atoms with Crippen LogP contribution in [0.3, 0.4) is 0 Å². The highest BCUT2D eigenvalue weighted by molar-refractivity contribution is 6.35. The van der Waals surface area contributed by atoms with Gasteiger partial charge in [0.1, 0.15) is 11.9 Å². The second-order valence-electron chi connectivity index (χ2n) is 9.59. The first kappa shape index (κ1) is 21.7. The lowest BCUT2D eigenvalue weighted by molar-refractivity contribution is 0.260. The summed E-state index contributed by atoms with van der Waals surface area (Å²) in [5.41, 5.74) is 9.66. The molecule has 0 radical (unpaired) electrons. The summed E-state index contributed by atoms with van der Waals surface area (Å²) in [7, 11) is 0. The number of hydrogen-bond donors (Lipinski definition) is 4. The minimum absolute atomic E-state index is 0.305. The topological polar surface area (TPSA) is 88.0 Å². The van der Waals surface area contributed by atoms with Crippen molar-refractivity contribution in [3.63, 3.8) is 0 Å². The smallest absolute Gasteiger partial charge is 0.123 e. The van der Waals surface area contributed by atoms with Crippen molar-refractivity contribution in [2.24, 2.45) is 5.92 Å². The largest absolute Gasteiger partial charge is 0.380 e. The van der Waals surface area contributed by atoms with Crippen LogP contribution in [0.25, 0.3) is 10.9 Å². The van der Waals surface area contributed by atoms with Gasteiger partial charge < -0.3 is 16.1 Å². The van der Waals surface area contributed by atoms with E-state index in [1.807, 2.05) is 17.3 Å². The van der Waals surface area contributed by atoms with E-state index in [4.69, 9.17) is 11.6 Å². The lowest BCUT2D eigenvalue weighted by atomic mass is 10.0. The third-order valence-electron chi connectivity index (χ3n) is 7.02. The van der Waals surface area contributed by atoms with Gasteiger partial charge in [-0.15, -0.1) is 5.53 Å². The van der Waals surface area contributed by atoms with Crippen LogP contribution in [0.5, 0.6) is 0 Å². The van der Waals surface area contributed by atoms with E-state index in [2.05, 4.69) is 39.6 Å². The van der Waals surface area contributed by atoms with Crippen LogP contribution in [0.1, 0.15) is 51.1 Å². The molecule has 0 saturated heterocycles. The van der Waals surface area contributed by atoms with E-state index in [9.17, 15) is 11.0 Å². The number of nitrogens with zero attached hydrogens (tertiary/aromatic N) is 3. The fraction of sp³-hybridized carbons (Fsp3) is 0.333. The molecule has 36 heavy (non-hydrogen) atoms. The predicted molar refractivity (Wildman–Crippen MR) is 139 cm³/mol. The Kier molecular flexibility index (Phi) is 5.52. The molecule has 1 aliphatic heterocycles. The molecule has 2 fully saturated rings. The number of anilines is 2. The zero-order valence-electron chi connectivity index (χ0n) is 20.8. The van der Waals surface area contributed by atoms with Crippen LogP contribution in [0.15, 0.2) is 54.5 Å². The Balaban J connectivity index is 1.43. The van der Waals surface area contributed by atoms with Crippen LogP contribution < -0.4 is 21.6 Å². The Labute approximate surface area is 215 Å². The van der Waals surface area contributed by atoms with Crippen molar-refractivity contribution in [3.8, 4) is 6.07 Å².